The molecule has 0 unspecified atom stereocenters. The minimum atomic E-state index is -0.609. The van der Waals surface area contributed by atoms with Crippen molar-refractivity contribution >= 4 is 29.3 Å². The van der Waals surface area contributed by atoms with E-state index in [2.05, 4.69) is 12.2 Å². The summed E-state index contributed by atoms with van der Waals surface area (Å²) in [7, 11) is 0. The molecular weight excluding hydrogens is 358 g/mol. The monoisotopic (exact) mass is 381 g/mol. The number of rotatable bonds is 4. The maximum atomic E-state index is 12.8. The zero-order valence-corrected chi connectivity index (χ0v) is 16.2. The number of amides is 2. The van der Waals surface area contributed by atoms with Gasteiger partial charge in [-0.2, -0.15) is 0 Å². The number of hydrogen-bond acceptors (Lipinski definition) is 5. The fraction of sp³-hybridized carbons (Fsp3) is 0.455. The number of carbonyl (C=O) groups excluding carboxylic acids is 4. The highest BCUT2D eigenvalue weighted by Gasteiger charge is 2.59. The molecule has 6 nitrogen and oxygen atoms in total. The van der Waals surface area contributed by atoms with E-state index in [-0.39, 0.29) is 53.4 Å². The molecule has 146 valence electrons. The Morgan fingerprint density at radius 1 is 1.00 bits per heavy atom. The van der Waals surface area contributed by atoms with Crippen LogP contribution in [0, 0.1) is 29.1 Å². The van der Waals surface area contributed by atoms with Crippen LogP contribution in [0.3, 0.4) is 0 Å². The first-order chi connectivity index (χ1) is 13.2. The van der Waals surface area contributed by atoms with Gasteiger partial charge in [-0.3, -0.25) is 19.3 Å². The maximum Gasteiger partial charge on any atom is 0.338 e. The Bertz CT molecular complexity index is 862. The Hall–Kier alpha value is -2.76. The molecule has 3 aliphatic rings. The van der Waals surface area contributed by atoms with Crippen LogP contribution >= 0.6 is 0 Å². The van der Waals surface area contributed by atoms with Crippen LogP contribution < -0.4 is 4.90 Å². The third-order valence-corrected chi connectivity index (χ3v) is 6.00. The molecule has 1 aromatic carbocycles. The van der Waals surface area contributed by atoms with Crippen LogP contribution in [0.5, 0.6) is 0 Å². The van der Waals surface area contributed by atoms with E-state index in [4.69, 9.17) is 4.74 Å². The van der Waals surface area contributed by atoms with Crippen LogP contribution in [0.25, 0.3) is 0 Å². The highest BCUT2D eigenvalue weighted by Crippen LogP contribution is 2.53. The van der Waals surface area contributed by atoms with Gasteiger partial charge in [-0.1, -0.05) is 32.9 Å². The number of allylic oxidation sites excluding steroid dienone is 2. The van der Waals surface area contributed by atoms with Crippen molar-refractivity contribution in [2.75, 3.05) is 11.5 Å². The van der Waals surface area contributed by atoms with Crippen molar-refractivity contribution in [3.8, 4) is 0 Å². The van der Waals surface area contributed by atoms with Crippen LogP contribution in [-0.2, 0) is 19.1 Å². The Morgan fingerprint density at radius 2 is 1.54 bits per heavy atom. The van der Waals surface area contributed by atoms with Gasteiger partial charge in [-0.15, -0.1) is 0 Å². The molecule has 4 rings (SSSR count). The summed E-state index contributed by atoms with van der Waals surface area (Å²) in [6, 6.07) is 6.18. The molecular formula is C22H23NO5. The number of imide groups is 1. The van der Waals surface area contributed by atoms with E-state index in [0.29, 0.717) is 5.69 Å². The fourth-order valence-electron chi connectivity index (χ4n) is 4.33. The molecule has 1 saturated heterocycles. The number of ether oxygens (including phenoxy) is 1. The van der Waals surface area contributed by atoms with Crippen LogP contribution in [0.1, 0.15) is 37.6 Å². The molecule has 1 aromatic rings. The average Bonchev–Trinajstić information content (AvgIpc) is 3.32. The van der Waals surface area contributed by atoms with E-state index in [1.54, 1.807) is 32.9 Å². The van der Waals surface area contributed by atoms with Crippen molar-refractivity contribution < 1.29 is 23.9 Å². The summed E-state index contributed by atoms with van der Waals surface area (Å²) in [6.45, 7) is 5.00. The van der Waals surface area contributed by atoms with E-state index < -0.39 is 11.4 Å². The predicted molar refractivity (Wildman–Crippen MR) is 101 cm³/mol. The van der Waals surface area contributed by atoms with Crippen molar-refractivity contribution in [1.82, 2.24) is 0 Å². The van der Waals surface area contributed by atoms with Gasteiger partial charge in [-0.25, -0.2) is 4.79 Å². The van der Waals surface area contributed by atoms with Gasteiger partial charge in [0, 0.05) is 5.41 Å². The average molecular weight is 381 g/mol. The van der Waals surface area contributed by atoms with E-state index in [9.17, 15) is 19.2 Å². The molecule has 1 heterocycles. The normalized spacial score (nSPS) is 28.0. The third-order valence-electron chi connectivity index (χ3n) is 6.00. The predicted octanol–water partition coefficient (Wildman–Crippen LogP) is 2.77. The summed E-state index contributed by atoms with van der Waals surface area (Å²) in [6.07, 6.45) is 5.00. The maximum absolute atomic E-state index is 12.8. The number of anilines is 1. The van der Waals surface area contributed by atoms with Crippen LogP contribution in [0.15, 0.2) is 36.4 Å². The Balaban J connectivity index is 1.45. The summed E-state index contributed by atoms with van der Waals surface area (Å²) < 4.78 is 5.08. The van der Waals surface area contributed by atoms with Crippen LogP contribution in [-0.4, -0.2) is 30.2 Å². The van der Waals surface area contributed by atoms with Crippen molar-refractivity contribution in [3.63, 3.8) is 0 Å². The van der Waals surface area contributed by atoms with Crippen LogP contribution in [0.4, 0.5) is 5.69 Å². The first-order valence-corrected chi connectivity index (χ1v) is 9.55. The van der Waals surface area contributed by atoms with E-state index in [1.807, 2.05) is 0 Å². The lowest BCUT2D eigenvalue weighted by Gasteiger charge is -2.18. The molecule has 6 heteroatoms. The number of carbonyl (C=O) groups is 4. The van der Waals surface area contributed by atoms with Gasteiger partial charge in [0.1, 0.15) is 0 Å². The number of esters is 1. The molecule has 0 N–H and O–H groups in total. The molecule has 0 radical (unpaired) electrons. The van der Waals surface area contributed by atoms with Gasteiger partial charge in [0.05, 0.1) is 23.1 Å². The smallest absolute Gasteiger partial charge is 0.338 e. The number of ketones is 1. The van der Waals surface area contributed by atoms with Crippen molar-refractivity contribution in [3.05, 3.63) is 42.0 Å². The zero-order chi connectivity index (χ0) is 20.2. The third kappa shape index (κ3) is 2.87. The van der Waals surface area contributed by atoms with Gasteiger partial charge in [0.15, 0.2) is 12.4 Å². The topological polar surface area (TPSA) is 80.8 Å². The highest BCUT2D eigenvalue weighted by molar-refractivity contribution is 6.22. The molecule has 4 atom stereocenters. The van der Waals surface area contributed by atoms with Gasteiger partial charge in [0.2, 0.25) is 11.8 Å². The first-order valence-electron chi connectivity index (χ1n) is 9.55. The van der Waals surface area contributed by atoms with Crippen molar-refractivity contribution in [2.45, 2.75) is 27.2 Å². The van der Waals surface area contributed by atoms with E-state index >= 15 is 0 Å². The molecule has 2 fully saturated rings. The summed E-state index contributed by atoms with van der Waals surface area (Å²) >= 11 is 0. The van der Waals surface area contributed by atoms with E-state index in [1.165, 1.54) is 17.0 Å². The van der Waals surface area contributed by atoms with Gasteiger partial charge < -0.3 is 4.74 Å². The summed E-state index contributed by atoms with van der Waals surface area (Å²) in [4.78, 5) is 50.9. The molecule has 2 aliphatic carbocycles. The van der Waals surface area contributed by atoms with Crippen molar-refractivity contribution in [1.29, 1.82) is 0 Å². The number of fused-ring (bicyclic) bond motifs is 5. The van der Waals surface area contributed by atoms with Crippen LogP contribution in [0.2, 0.25) is 0 Å². The summed E-state index contributed by atoms with van der Waals surface area (Å²) in [5.41, 5.74) is 0.157. The van der Waals surface area contributed by atoms with Gasteiger partial charge >= 0.3 is 5.97 Å². The number of Topliss-reactive ketones (excluding diaryl/α,β-unsaturated/α-hetero) is 1. The number of hydrogen-bond donors (Lipinski definition) is 0. The van der Waals surface area contributed by atoms with Crippen molar-refractivity contribution in [2.24, 2.45) is 29.1 Å². The molecule has 0 spiro atoms. The lowest BCUT2D eigenvalue weighted by Crippen LogP contribution is -2.32. The zero-order valence-electron chi connectivity index (χ0n) is 16.2. The highest BCUT2D eigenvalue weighted by atomic mass is 16.5. The lowest BCUT2D eigenvalue weighted by molar-refractivity contribution is -0.129. The van der Waals surface area contributed by atoms with E-state index in [0.717, 1.165) is 6.42 Å². The Morgan fingerprint density at radius 3 is 2.04 bits per heavy atom. The number of benzene rings is 1. The lowest BCUT2D eigenvalue weighted by atomic mass is 9.85. The summed E-state index contributed by atoms with van der Waals surface area (Å²) in [5, 5.41) is 0. The molecule has 2 amide bonds. The Kier molecular flexibility index (Phi) is 4.25. The second-order valence-corrected chi connectivity index (χ2v) is 8.81. The number of nitrogens with zero attached hydrogens (tertiary/aromatic N) is 1. The molecule has 1 aliphatic heterocycles. The second-order valence-electron chi connectivity index (χ2n) is 8.81. The first kappa shape index (κ1) is 18.6. The molecule has 28 heavy (non-hydrogen) atoms. The second kappa shape index (κ2) is 6.40. The fourth-order valence-corrected chi connectivity index (χ4v) is 4.33. The Labute approximate surface area is 163 Å². The molecule has 1 saturated carbocycles. The quantitative estimate of drug-likeness (QED) is 0.455. The molecule has 2 bridgehead atoms. The van der Waals surface area contributed by atoms with Gasteiger partial charge in [-0.05, 0) is 42.5 Å². The molecule has 0 aromatic heterocycles. The van der Waals surface area contributed by atoms with Gasteiger partial charge in [0.25, 0.3) is 0 Å². The minimum absolute atomic E-state index is 0.155. The summed E-state index contributed by atoms with van der Waals surface area (Å²) in [5.74, 6) is -1.28. The largest absolute Gasteiger partial charge is 0.454 e. The minimum Gasteiger partial charge on any atom is -0.454 e. The SMILES string of the molecule is CC(C)(C)C(=O)COC(=O)c1ccc(N2C(=O)[C@@H]3[C@H](C2=O)[C@@H]2C=C[C@H]3C2)cc1. The standard InChI is InChI=1S/C22H23NO5/c1-22(2,3)16(24)11-28-21(27)12-6-8-15(9-7-12)23-19(25)17-13-4-5-14(10-13)18(17)20(23)26/h4-9,13-14,17-18H,10-11H2,1-3H3/t13-,14+,17-,18+.